The maximum absolute atomic E-state index is 13.2. The topological polar surface area (TPSA) is 60.9 Å². The molecule has 35 heavy (non-hydrogen) atoms. The Bertz CT molecular complexity index is 1080. The number of amides is 3. The molecule has 0 N–H and O–H groups in total. The normalized spacial score (nSPS) is 22.0. The molecule has 0 spiro atoms. The summed E-state index contributed by atoms with van der Waals surface area (Å²) in [6.07, 6.45) is 6.05. The number of rotatable bonds is 7. The fourth-order valence-electron chi connectivity index (χ4n) is 5.58. The maximum Gasteiger partial charge on any atom is 0.247 e. The van der Waals surface area contributed by atoms with Crippen LogP contribution in [0.25, 0.3) is 0 Å². The molecule has 7 heteroatoms. The number of carbonyl (C=O) groups excluding carboxylic acids is 3. The van der Waals surface area contributed by atoms with E-state index in [0.29, 0.717) is 18.9 Å². The van der Waals surface area contributed by atoms with Gasteiger partial charge in [-0.2, -0.15) is 0 Å². The highest BCUT2D eigenvalue weighted by Gasteiger charge is 2.42. The van der Waals surface area contributed by atoms with Gasteiger partial charge in [0.2, 0.25) is 17.7 Å². The lowest BCUT2D eigenvalue weighted by atomic mass is 9.90. The summed E-state index contributed by atoms with van der Waals surface area (Å²) in [4.78, 5) is 43.3. The summed E-state index contributed by atoms with van der Waals surface area (Å²) in [7, 11) is 0. The van der Waals surface area contributed by atoms with Gasteiger partial charge in [-0.1, -0.05) is 35.9 Å². The molecule has 6 nitrogen and oxygen atoms in total. The van der Waals surface area contributed by atoms with Gasteiger partial charge < -0.3 is 4.90 Å². The minimum atomic E-state index is -0.332. The molecule has 0 radical (unpaired) electrons. The number of likely N-dealkylation sites (tertiary alicyclic amines) is 2. The molecule has 3 amide bonds. The van der Waals surface area contributed by atoms with Crippen LogP contribution >= 0.6 is 11.6 Å². The summed E-state index contributed by atoms with van der Waals surface area (Å²) in [6, 6.07) is 15.4. The van der Waals surface area contributed by atoms with E-state index in [2.05, 4.69) is 17.0 Å². The molecule has 1 atom stereocenters. The van der Waals surface area contributed by atoms with Crippen molar-refractivity contribution in [3.8, 4) is 0 Å². The second-order valence-electron chi connectivity index (χ2n) is 10.00. The average Bonchev–Trinajstić information content (AvgIpc) is 3.42. The molecule has 3 fully saturated rings. The van der Waals surface area contributed by atoms with Gasteiger partial charge in [-0.05, 0) is 86.5 Å². The molecule has 184 valence electrons. The van der Waals surface area contributed by atoms with Crippen molar-refractivity contribution >= 4 is 35.0 Å². The molecule has 3 saturated heterocycles. The fraction of sp³-hybridized carbons (Fsp3) is 0.464. The van der Waals surface area contributed by atoms with Crippen molar-refractivity contribution in [2.24, 2.45) is 5.92 Å². The van der Waals surface area contributed by atoms with Gasteiger partial charge in [-0.25, -0.2) is 0 Å². The Labute approximate surface area is 211 Å². The number of piperidine rings is 1. The van der Waals surface area contributed by atoms with Crippen LogP contribution in [0.5, 0.6) is 0 Å². The molecule has 3 aliphatic heterocycles. The Hall–Kier alpha value is -2.70. The molecule has 1 unspecified atom stereocenters. The molecule has 0 aliphatic carbocycles. The van der Waals surface area contributed by atoms with Crippen LogP contribution in [0.2, 0.25) is 5.02 Å². The summed E-state index contributed by atoms with van der Waals surface area (Å²) in [6.45, 7) is 2.77. The Morgan fingerprint density at radius 3 is 2.17 bits per heavy atom. The Morgan fingerprint density at radius 1 is 0.829 bits per heavy atom. The second-order valence-corrected chi connectivity index (χ2v) is 10.4. The zero-order valence-corrected chi connectivity index (χ0v) is 20.8. The van der Waals surface area contributed by atoms with Crippen LogP contribution in [-0.4, -0.2) is 53.2 Å². The molecular weight excluding hydrogens is 462 g/mol. The number of anilines is 1. The Balaban J connectivity index is 1.12. The minimum Gasteiger partial charge on any atom is -0.312 e. The number of carbonyl (C=O) groups is 3. The summed E-state index contributed by atoms with van der Waals surface area (Å²) in [5.74, 6) is 0.627. The van der Waals surface area contributed by atoms with Gasteiger partial charge in [0.25, 0.3) is 0 Å². The zero-order chi connectivity index (χ0) is 24.4. The summed E-state index contributed by atoms with van der Waals surface area (Å²) in [5.41, 5.74) is 3.10. The van der Waals surface area contributed by atoms with Gasteiger partial charge in [0.1, 0.15) is 0 Å². The van der Waals surface area contributed by atoms with Crippen molar-refractivity contribution < 1.29 is 14.4 Å². The number of hydrogen-bond acceptors (Lipinski definition) is 4. The monoisotopic (exact) mass is 493 g/mol. The van der Waals surface area contributed by atoms with E-state index < -0.39 is 0 Å². The van der Waals surface area contributed by atoms with Gasteiger partial charge in [-0.3, -0.25) is 24.2 Å². The number of benzene rings is 2. The van der Waals surface area contributed by atoms with E-state index >= 15 is 0 Å². The molecule has 2 aromatic carbocycles. The molecule has 2 aromatic rings. The van der Waals surface area contributed by atoms with Crippen molar-refractivity contribution in [2.45, 2.75) is 57.5 Å². The van der Waals surface area contributed by atoms with Crippen molar-refractivity contribution in [3.63, 3.8) is 0 Å². The van der Waals surface area contributed by atoms with E-state index in [1.165, 1.54) is 10.5 Å². The third kappa shape index (κ3) is 5.44. The summed E-state index contributed by atoms with van der Waals surface area (Å²) in [5, 5.41) is 0.766. The minimum absolute atomic E-state index is 0.0755. The molecule has 5 rings (SSSR count). The number of imide groups is 1. The first kappa shape index (κ1) is 24.0. The smallest absolute Gasteiger partial charge is 0.247 e. The van der Waals surface area contributed by atoms with Gasteiger partial charge in [-0.15, -0.1) is 0 Å². The third-order valence-corrected chi connectivity index (χ3v) is 7.98. The highest BCUT2D eigenvalue weighted by atomic mass is 35.5. The number of halogens is 1. The highest BCUT2D eigenvalue weighted by molar-refractivity contribution is 6.30. The van der Waals surface area contributed by atoms with Crippen LogP contribution in [0.3, 0.4) is 0 Å². The lowest BCUT2D eigenvalue weighted by molar-refractivity contribution is -0.140. The molecular formula is C28H32ClN3O3. The van der Waals surface area contributed by atoms with E-state index in [1.54, 1.807) is 4.90 Å². The summed E-state index contributed by atoms with van der Waals surface area (Å²) >= 11 is 5.98. The van der Waals surface area contributed by atoms with E-state index in [4.69, 9.17) is 11.6 Å². The lowest BCUT2D eigenvalue weighted by Gasteiger charge is -2.34. The number of aryl methyl sites for hydroxylation is 1. The van der Waals surface area contributed by atoms with Crippen molar-refractivity contribution in [1.82, 2.24) is 9.80 Å². The van der Waals surface area contributed by atoms with Gasteiger partial charge in [0.15, 0.2) is 0 Å². The third-order valence-electron chi connectivity index (χ3n) is 7.73. The Kier molecular flexibility index (Phi) is 7.21. The van der Waals surface area contributed by atoms with E-state index in [0.717, 1.165) is 68.0 Å². The standard InChI is InChI=1S/C28H32ClN3O3/c29-23-9-5-20(6-10-23)3-4-21-13-16-30(17-14-21)25-18-27(34)32(28(25)35)19-22-7-11-24(12-8-22)31-15-1-2-26(31)33/h5-12,21,25H,1-4,13-19H2. The van der Waals surface area contributed by atoms with Crippen LogP contribution in [0, 0.1) is 5.92 Å². The fourth-order valence-corrected chi connectivity index (χ4v) is 5.70. The van der Waals surface area contributed by atoms with E-state index in [-0.39, 0.29) is 30.2 Å². The first-order chi connectivity index (χ1) is 17.0. The average molecular weight is 494 g/mol. The van der Waals surface area contributed by atoms with Crippen molar-refractivity contribution in [3.05, 3.63) is 64.7 Å². The van der Waals surface area contributed by atoms with E-state index in [9.17, 15) is 14.4 Å². The van der Waals surface area contributed by atoms with Crippen LogP contribution in [-0.2, 0) is 27.3 Å². The zero-order valence-electron chi connectivity index (χ0n) is 20.0. The van der Waals surface area contributed by atoms with Gasteiger partial charge in [0, 0.05) is 23.7 Å². The van der Waals surface area contributed by atoms with Crippen LogP contribution in [0.4, 0.5) is 5.69 Å². The van der Waals surface area contributed by atoms with Gasteiger partial charge >= 0.3 is 0 Å². The van der Waals surface area contributed by atoms with Crippen LogP contribution in [0.1, 0.15) is 49.7 Å². The Morgan fingerprint density at radius 2 is 1.51 bits per heavy atom. The van der Waals surface area contributed by atoms with Gasteiger partial charge in [0.05, 0.1) is 19.0 Å². The summed E-state index contributed by atoms with van der Waals surface area (Å²) < 4.78 is 0. The molecule has 0 bridgehead atoms. The number of hydrogen-bond donors (Lipinski definition) is 0. The maximum atomic E-state index is 13.2. The molecule has 3 heterocycles. The predicted octanol–water partition coefficient (Wildman–Crippen LogP) is 4.44. The first-order valence-electron chi connectivity index (χ1n) is 12.7. The molecule has 0 saturated carbocycles. The van der Waals surface area contributed by atoms with E-state index in [1.807, 2.05) is 36.4 Å². The highest BCUT2D eigenvalue weighted by Crippen LogP contribution is 2.29. The van der Waals surface area contributed by atoms with Crippen LogP contribution in [0.15, 0.2) is 48.5 Å². The lowest BCUT2D eigenvalue weighted by Crippen LogP contribution is -2.45. The molecule has 3 aliphatic rings. The van der Waals surface area contributed by atoms with Crippen LogP contribution < -0.4 is 4.90 Å². The molecule has 0 aromatic heterocycles. The second kappa shape index (κ2) is 10.5. The first-order valence-corrected chi connectivity index (χ1v) is 13.1. The quantitative estimate of drug-likeness (QED) is 0.535. The SMILES string of the molecule is O=C1CC(N2CCC(CCc3ccc(Cl)cc3)CC2)C(=O)N1Cc1ccc(N2CCCC2=O)cc1. The van der Waals surface area contributed by atoms with Crippen molar-refractivity contribution in [1.29, 1.82) is 0 Å². The number of nitrogens with zero attached hydrogens (tertiary/aromatic N) is 3. The largest absolute Gasteiger partial charge is 0.312 e. The van der Waals surface area contributed by atoms with Crippen molar-refractivity contribution in [2.75, 3.05) is 24.5 Å². The predicted molar refractivity (Wildman–Crippen MR) is 136 cm³/mol.